The summed E-state index contributed by atoms with van der Waals surface area (Å²) in [6.07, 6.45) is 1.33. The van der Waals surface area contributed by atoms with Crippen LogP contribution in [-0.2, 0) is 14.8 Å². The van der Waals surface area contributed by atoms with Gasteiger partial charge in [0.05, 0.1) is 4.90 Å². The van der Waals surface area contributed by atoms with E-state index in [1.165, 1.54) is 24.3 Å². The zero-order valence-corrected chi connectivity index (χ0v) is 11.2. The monoisotopic (exact) mass is 284 g/mol. The van der Waals surface area contributed by atoms with Gasteiger partial charge in [0, 0.05) is 24.8 Å². The maximum absolute atomic E-state index is 12.1. The molecule has 1 saturated heterocycles. The third-order valence-electron chi connectivity index (χ3n) is 2.99. The van der Waals surface area contributed by atoms with Crippen LogP contribution in [0.15, 0.2) is 29.2 Å². The molecule has 104 valence electrons. The van der Waals surface area contributed by atoms with E-state index in [4.69, 9.17) is 10.5 Å². The third kappa shape index (κ3) is 3.52. The molecular formula is C12H16N2O4S. The first kappa shape index (κ1) is 14.0. The lowest BCUT2D eigenvalue weighted by molar-refractivity contribution is 0.0832. The van der Waals surface area contributed by atoms with E-state index < -0.39 is 15.9 Å². The molecule has 0 bridgehead atoms. The maximum atomic E-state index is 12.1. The van der Waals surface area contributed by atoms with Crippen molar-refractivity contribution in [2.24, 2.45) is 5.73 Å². The van der Waals surface area contributed by atoms with E-state index in [9.17, 15) is 13.2 Å². The number of carbonyl (C=O) groups excluding carboxylic acids is 1. The number of benzene rings is 1. The summed E-state index contributed by atoms with van der Waals surface area (Å²) in [4.78, 5) is 11.1. The van der Waals surface area contributed by atoms with Gasteiger partial charge in [0.15, 0.2) is 0 Å². The summed E-state index contributed by atoms with van der Waals surface area (Å²) in [5, 5.41) is 0. The lowest BCUT2D eigenvalue weighted by Crippen LogP contribution is -2.38. The molecule has 0 spiro atoms. The second kappa shape index (κ2) is 5.68. The molecule has 1 aromatic rings. The first-order valence-corrected chi connectivity index (χ1v) is 7.47. The number of carbonyl (C=O) groups is 1. The topological polar surface area (TPSA) is 98.5 Å². The second-order valence-corrected chi connectivity index (χ2v) is 6.11. The SMILES string of the molecule is NC(=O)c1ccc(S(=O)(=O)NC2CCOCC2)cc1. The van der Waals surface area contributed by atoms with Crippen LogP contribution in [0.1, 0.15) is 23.2 Å². The van der Waals surface area contributed by atoms with E-state index in [1.807, 2.05) is 0 Å². The smallest absolute Gasteiger partial charge is 0.248 e. The summed E-state index contributed by atoms with van der Waals surface area (Å²) in [6, 6.07) is 5.46. The van der Waals surface area contributed by atoms with Crippen molar-refractivity contribution < 1.29 is 17.9 Å². The molecule has 0 aromatic heterocycles. The largest absolute Gasteiger partial charge is 0.381 e. The van der Waals surface area contributed by atoms with Crippen molar-refractivity contribution in [3.63, 3.8) is 0 Å². The Labute approximate surface area is 112 Å². The molecule has 0 atom stereocenters. The number of nitrogens with two attached hydrogens (primary N) is 1. The molecule has 19 heavy (non-hydrogen) atoms. The highest BCUT2D eigenvalue weighted by Crippen LogP contribution is 2.14. The summed E-state index contributed by atoms with van der Waals surface area (Å²) in [5.74, 6) is -0.582. The molecule has 1 amide bonds. The summed E-state index contributed by atoms with van der Waals surface area (Å²) in [6.45, 7) is 1.13. The zero-order valence-electron chi connectivity index (χ0n) is 10.3. The highest BCUT2D eigenvalue weighted by atomic mass is 32.2. The van der Waals surface area contributed by atoms with Crippen molar-refractivity contribution in [3.05, 3.63) is 29.8 Å². The van der Waals surface area contributed by atoms with Crippen LogP contribution in [0.25, 0.3) is 0 Å². The Morgan fingerprint density at radius 3 is 2.32 bits per heavy atom. The van der Waals surface area contributed by atoms with Gasteiger partial charge >= 0.3 is 0 Å². The van der Waals surface area contributed by atoms with Crippen molar-refractivity contribution in [3.8, 4) is 0 Å². The number of ether oxygens (including phenoxy) is 1. The van der Waals surface area contributed by atoms with Gasteiger partial charge in [-0.1, -0.05) is 0 Å². The van der Waals surface area contributed by atoms with Gasteiger partial charge in [0.1, 0.15) is 0 Å². The van der Waals surface area contributed by atoms with Gasteiger partial charge in [-0.2, -0.15) is 0 Å². The van der Waals surface area contributed by atoms with Crippen LogP contribution in [-0.4, -0.2) is 33.6 Å². The van der Waals surface area contributed by atoms with Crippen molar-refractivity contribution in [1.82, 2.24) is 4.72 Å². The molecule has 0 saturated carbocycles. The summed E-state index contributed by atoms with van der Waals surface area (Å²) in [5.41, 5.74) is 5.39. The van der Waals surface area contributed by atoms with Crippen LogP contribution >= 0.6 is 0 Å². The van der Waals surface area contributed by atoms with E-state index in [2.05, 4.69) is 4.72 Å². The molecule has 0 radical (unpaired) electrons. The molecule has 1 aliphatic heterocycles. The lowest BCUT2D eigenvalue weighted by Gasteiger charge is -2.22. The fourth-order valence-electron chi connectivity index (χ4n) is 1.90. The highest BCUT2D eigenvalue weighted by Gasteiger charge is 2.22. The second-order valence-electron chi connectivity index (χ2n) is 4.40. The van der Waals surface area contributed by atoms with Crippen molar-refractivity contribution >= 4 is 15.9 Å². The van der Waals surface area contributed by atoms with Gasteiger partial charge in [0.25, 0.3) is 0 Å². The number of sulfonamides is 1. The highest BCUT2D eigenvalue weighted by molar-refractivity contribution is 7.89. The molecular weight excluding hydrogens is 268 g/mol. The van der Waals surface area contributed by atoms with Gasteiger partial charge < -0.3 is 10.5 Å². The molecule has 3 N–H and O–H groups in total. The van der Waals surface area contributed by atoms with Crippen LogP contribution in [0.5, 0.6) is 0 Å². The van der Waals surface area contributed by atoms with Crippen molar-refractivity contribution in [2.45, 2.75) is 23.8 Å². The molecule has 1 fully saturated rings. The van der Waals surface area contributed by atoms with Gasteiger partial charge in [0.2, 0.25) is 15.9 Å². The normalized spacial score (nSPS) is 17.3. The van der Waals surface area contributed by atoms with E-state index in [1.54, 1.807) is 0 Å². The Balaban J connectivity index is 2.12. The Hall–Kier alpha value is -1.44. The van der Waals surface area contributed by atoms with Crippen LogP contribution in [0.2, 0.25) is 0 Å². The Bertz CT molecular complexity index is 548. The predicted octanol–water partition coefficient (Wildman–Crippen LogP) is 0.243. The van der Waals surface area contributed by atoms with E-state index in [0.29, 0.717) is 26.1 Å². The average Bonchev–Trinajstić information content (AvgIpc) is 2.39. The summed E-state index contributed by atoms with van der Waals surface area (Å²) >= 11 is 0. The van der Waals surface area contributed by atoms with Crippen LogP contribution in [0.4, 0.5) is 0 Å². The van der Waals surface area contributed by atoms with Gasteiger partial charge in [-0.05, 0) is 37.1 Å². The number of amides is 1. The summed E-state index contributed by atoms with van der Waals surface area (Å²) in [7, 11) is -3.56. The first-order valence-electron chi connectivity index (χ1n) is 5.99. The number of hydrogen-bond acceptors (Lipinski definition) is 4. The molecule has 1 aliphatic rings. The summed E-state index contributed by atoms with van der Waals surface area (Å²) < 4.78 is 32.0. The standard InChI is InChI=1S/C12H16N2O4S/c13-12(15)9-1-3-11(4-2-9)19(16,17)14-10-5-7-18-8-6-10/h1-4,10,14H,5-8H2,(H2,13,15). The molecule has 1 heterocycles. The molecule has 2 rings (SSSR count). The molecule has 7 heteroatoms. The van der Waals surface area contributed by atoms with Gasteiger partial charge in [-0.3, -0.25) is 4.79 Å². The third-order valence-corrected chi connectivity index (χ3v) is 4.53. The van der Waals surface area contributed by atoms with E-state index >= 15 is 0 Å². The van der Waals surface area contributed by atoms with Gasteiger partial charge in [-0.15, -0.1) is 0 Å². The fraction of sp³-hybridized carbons (Fsp3) is 0.417. The van der Waals surface area contributed by atoms with Crippen LogP contribution in [0.3, 0.4) is 0 Å². The van der Waals surface area contributed by atoms with E-state index in [-0.39, 0.29) is 16.5 Å². The molecule has 0 aliphatic carbocycles. The van der Waals surface area contributed by atoms with Crippen LogP contribution < -0.4 is 10.5 Å². The number of primary amides is 1. The Morgan fingerprint density at radius 1 is 1.21 bits per heavy atom. The van der Waals surface area contributed by atoms with Crippen LogP contribution in [0, 0.1) is 0 Å². The number of hydrogen-bond donors (Lipinski definition) is 2. The number of nitrogens with one attached hydrogen (secondary N) is 1. The minimum atomic E-state index is -3.56. The number of rotatable bonds is 4. The predicted molar refractivity (Wildman–Crippen MR) is 69.1 cm³/mol. The lowest BCUT2D eigenvalue weighted by atomic mass is 10.1. The van der Waals surface area contributed by atoms with Gasteiger partial charge in [-0.25, -0.2) is 13.1 Å². The molecule has 0 unspecified atom stereocenters. The fourth-order valence-corrected chi connectivity index (χ4v) is 3.21. The first-order chi connectivity index (χ1) is 8.99. The quantitative estimate of drug-likeness (QED) is 0.827. The Morgan fingerprint density at radius 2 is 1.79 bits per heavy atom. The molecule has 6 nitrogen and oxygen atoms in total. The minimum absolute atomic E-state index is 0.102. The average molecular weight is 284 g/mol. The Kier molecular flexibility index (Phi) is 4.18. The van der Waals surface area contributed by atoms with Crippen molar-refractivity contribution in [2.75, 3.05) is 13.2 Å². The minimum Gasteiger partial charge on any atom is -0.381 e. The van der Waals surface area contributed by atoms with E-state index in [0.717, 1.165) is 0 Å². The zero-order chi connectivity index (χ0) is 13.9. The maximum Gasteiger partial charge on any atom is 0.248 e. The molecule has 1 aromatic carbocycles. The van der Waals surface area contributed by atoms with Crippen molar-refractivity contribution in [1.29, 1.82) is 0 Å².